The first-order valence-corrected chi connectivity index (χ1v) is 9.57. The number of aromatic nitrogens is 2. The van der Waals surface area contributed by atoms with E-state index in [0.29, 0.717) is 32.7 Å². The highest BCUT2D eigenvalue weighted by molar-refractivity contribution is 5.79. The van der Waals surface area contributed by atoms with Crippen LogP contribution in [0.2, 0.25) is 0 Å². The normalized spacial score (nSPS) is 17.2. The van der Waals surface area contributed by atoms with Crippen molar-refractivity contribution in [3.8, 4) is 0 Å². The number of benzene rings is 1. The molecule has 2 saturated heterocycles. The van der Waals surface area contributed by atoms with Crippen molar-refractivity contribution in [1.29, 1.82) is 0 Å². The third-order valence-corrected chi connectivity index (χ3v) is 4.98. The Kier molecular flexibility index (Phi) is 5.48. The van der Waals surface area contributed by atoms with Gasteiger partial charge in [-0.15, -0.1) is 0 Å². The number of carbonyl (C=O) groups excluding carboxylic acids is 1. The first-order chi connectivity index (χ1) is 13.3. The van der Waals surface area contributed by atoms with E-state index in [4.69, 9.17) is 4.74 Å². The van der Waals surface area contributed by atoms with Crippen LogP contribution in [0.5, 0.6) is 0 Å². The van der Waals surface area contributed by atoms with Gasteiger partial charge in [0.25, 0.3) is 0 Å². The maximum atomic E-state index is 12.3. The molecule has 0 radical (unpaired) electrons. The number of nitrogens with zero attached hydrogens (tertiary/aromatic N) is 4. The van der Waals surface area contributed by atoms with Gasteiger partial charge in [-0.05, 0) is 36.6 Å². The first kappa shape index (κ1) is 17.7. The van der Waals surface area contributed by atoms with Crippen LogP contribution in [0.3, 0.4) is 0 Å². The summed E-state index contributed by atoms with van der Waals surface area (Å²) in [5, 5.41) is 3.32. The fourth-order valence-electron chi connectivity index (χ4n) is 3.44. The Morgan fingerprint density at radius 3 is 2.52 bits per heavy atom. The predicted octanol–water partition coefficient (Wildman–Crippen LogP) is 2.22. The van der Waals surface area contributed by atoms with Gasteiger partial charge in [0, 0.05) is 38.1 Å². The van der Waals surface area contributed by atoms with Crippen LogP contribution in [0, 0.1) is 0 Å². The molecule has 1 aromatic heterocycles. The quantitative estimate of drug-likeness (QED) is 0.874. The molecule has 3 heterocycles. The van der Waals surface area contributed by atoms with Crippen molar-refractivity contribution >= 4 is 23.4 Å². The molecule has 2 fully saturated rings. The fraction of sp³-hybridized carbons (Fsp3) is 0.450. The SMILES string of the molecule is O=C(Cc1ccc(Nc2ccnc(N3CCCC3)n2)cc1)N1CCOCC1. The predicted molar refractivity (Wildman–Crippen MR) is 104 cm³/mol. The Balaban J connectivity index is 1.36. The molecule has 1 aromatic carbocycles. The number of nitrogens with one attached hydrogen (secondary N) is 1. The summed E-state index contributed by atoms with van der Waals surface area (Å²) in [6.45, 7) is 4.68. The van der Waals surface area contributed by atoms with Gasteiger partial charge >= 0.3 is 0 Å². The molecule has 2 aliphatic rings. The zero-order valence-corrected chi connectivity index (χ0v) is 15.4. The van der Waals surface area contributed by atoms with E-state index < -0.39 is 0 Å². The third kappa shape index (κ3) is 4.54. The second kappa shape index (κ2) is 8.35. The molecule has 0 bridgehead atoms. The first-order valence-electron chi connectivity index (χ1n) is 9.57. The zero-order valence-electron chi connectivity index (χ0n) is 15.4. The lowest BCUT2D eigenvalue weighted by Gasteiger charge is -2.26. The molecule has 27 heavy (non-hydrogen) atoms. The Morgan fingerprint density at radius 1 is 1.04 bits per heavy atom. The zero-order chi connectivity index (χ0) is 18.5. The van der Waals surface area contributed by atoms with Crippen LogP contribution in [0.15, 0.2) is 36.5 Å². The summed E-state index contributed by atoms with van der Waals surface area (Å²) in [5.41, 5.74) is 1.96. The Bertz CT molecular complexity index is 768. The third-order valence-electron chi connectivity index (χ3n) is 4.98. The molecule has 0 aliphatic carbocycles. The van der Waals surface area contributed by atoms with Gasteiger partial charge < -0.3 is 19.9 Å². The lowest BCUT2D eigenvalue weighted by molar-refractivity contribution is -0.134. The summed E-state index contributed by atoms with van der Waals surface area (Å²) in [6, 6.07) is 9.82. The Morgan fingerprint density at radius 2 is 1.78 bits per heavy atom. The minimum atomic E-state index is 0.157. The van der Waals surface area contributed by atoms with Crippen molar-refractivity contribution in [3.05, 3.63) is 42.1 Å². The van der Waals surface area contributed by atoms with E-state index in [-0.39, 0.29) is 5.91 Å². The van der Waals surface area contributed by atoms with Crippen molar-refractivity contribution in [2.45, 2.75) is 19.3 Å². The molecular formula is C20H25N5O2. The van der Waals surface area contributed by atoms with E-state index >= 15 is 0 Å². The Labute approximate surface area is 159 Å². The highest BCUT2D eigenvalue weighted by Gasteiger charge is 2.17. The number of carbonyl (C=O) groups is 1. The smallest absolute Gasteiger partial charge is 0.227 e. The topological polar surface area (TPSA) is 70.6 Å². The maximum absolute atomic E-state index is 12.3. The van der Waals surface area contributed by atoms with Crippen LogP contribution < -0.4 is 10.2 Å². The lowest BCUT2D eigenvalue weighted by Crippen LogP contribution is -2.41. The van der Waals surface area contributed by atoms with E-state index in [1.165, 1.54) is 12.8 Å². The number of amides is 1. The average Bonchev–Trinajstić information content (AvgIpc) is 3.25. The van der Waals surface area contributed by atoms with Crippen molar-refractivity contribution in [2.24, 2.45) is 0 Å². The number of hydrogen-bond donors (Lipinski definition) is 1. The van der Waals surface area contributed by atoms with Crippen molar-refractivity contribution in [2.75, 3.05) is 49.6 Å². The molecule has 1 amide bonds. The molecule has 142 valence electrons. The van der Waals surface area contributed by atoms with Gasteiger partial charge in [0.05, 0.1) is 19.6 Å². The largest absolute Gasteiger partial charge is 0.378 e. The second-order valence-corrected chi connectivity index (χ2v) is 6.93. The summed E-state index contributed by atoms with van der Waals surface area (Å²) in [4.78, 5) is 25.4. The van der Waals surface area contributed by atoms with Gasteiger partial charge in [-0.25, -0.2) is 4.98 Å². The molecule has 0 saturated carbocycles. The molecule has 0 atom stereocenters. The van der Waals surface area contributed by atoms with E-state index in [2.05, 4.69) is 20.2 Å². The van der Waals surface area contributed by atoms with E-state index in [1.807, 2.05) is 35.2 Å². The van der Waals surface area contributed by atoms with Crippen LogP contribution in [0.25, 0.3) is 0 Å². The van der Waals surface area contributed by atoms with E-state index in [9.17, 15) is 4.79 Å². The molecule has 0 spiro atoms. The molecule has 4 rings (SSSR count). The number of rotatable bonds is 5. The molecule has 7 nitrogen and oxygen atoms in total. The molecule has 2 aliphatic heterocycles. The van der Waals surface area contributed by atoms with Crippen molar-refractivity contribution in [3.63, 3.8) is 0 Å². The van der Waals surface area contributed by atoms with Crippen LogP contribution in [0.1, 0.15) is 18.4 Å². The number of ether oxygens (including phenoxy) is 1. The van der Waals surface area contributed by atoms with Gasteiger partial charge in [-0.1, -0.05) is 12.1 Å². The maximum Gasteiger partial charge on any atom is 0.227 e. The van der Waals surface area contributed by atoms with Crippen LogP contribution in [-0.2, 0) is 16.0 Å². The van der Waals surface area contributed by atoms with E-state index in [1.54, 1.807) is 6.20 Å². The highest BCUT2D eigenvalue weighted by Crippen LogP contribution is 2.20. The summed E-state index contributed by atoms with van der Waals surface area (Å²) < 4.78 is 5.30. The minimum Gasteiger partial charge on any atom is -0.378 e. The summed E-state index contributed by atoms with van der Waals surface area (Å²) in [5.74, 6) is 1.72. The molecular weight excluding hydrogens is 342 g/mol. The second-order valence-electron chi connectivity index (χ2n) is 6.93. The molecule has 7 heteroatoms. The summed E-state index contributed by atoms with van der Waals surface area (Å²) in [6.07, 6.45) is 4.61. The standard InChI is InChI=1S/C20H25N5O2/c26-19(24-11-13-27-14-12-24)15-16-3-5-17(6-4-16)22-18-7-8-21-20(23-18)25-9-1-2-10-25/h3-8H,1-2,9-15H2,(H,21,22,23). The molecule has 1 N–H and O–H groups in total. The van der Waals surface area contributed by atoms with Crippen molar-refractivity contribution in [1.82, 2.24) is 14.9 Å². The highest BCUT2D eigenvalue weighted by atomic mass is 16.5. The molecule has 2 aromatic rings. The van der Waals surface area contributed by atoms with Gasteiger partial charge in [0.15, 0.2) is 0 Å². The number of hydrogen-bond acceptors (Lipinski definition) is 6. The number of morpholine rings is 1. The Hall–Kier alpha value is -2.67. The summed E-state index contributed by atoms with van der Waals surface area (Å²) >= 11 is 0. The van der Waals surface area contributed by atoms with Crippen LogP contribution in [0.4, 0.5) is 17.5 Å². The summed E-state index contributed by atoms with van der Waals surface area (Å²) in [7, 11) is 0. The van der Waals surface area contributed by atoms with Gasteiger partial charge in [0.1, 0.15) is 5.82 Å². The average molecular weight is 367 g/mol. The van der Waals surface area contributed by atoms with Gasteiger partial charge in [0.2, 0.25) is 11.9 Å². The van der Waals surface area contributed by atoms with Gasteiger partial charge in [-0.3, -0.25) is 4.79 Å². The van der Waals surface area contributed by atoms with Gasteiger partial charge in [-0.2, -0.15) is 4.98 Å². The lowest BCUT2D eigenvalue weighted by atomic mass is 10.1. The minimum absolute atomic E-state index is 0.157. The molecule has 0 unspecified atom stereocenters. The fourth-order valence-corrected chi connectivity index (χ4v) is 3.44. The van der Waals surface area contributed by atoms with Crippen LogP contribution >= 0.6 is 0 Å². The van der Waals surface area contributed by atoms with E-state index in [0.717, 1.165) is 36.1 Å². The number of anilines is 3. The van der Waals surface area contributed by atoms with Crippen molar-refractivity contribution < 1.29 is 9.53 Å². The van der Waals surface area contributed by atoms with Crippen LogP contribution in [-0.4, -0.2) is 60.2 Å². The monoisotopic (exact) mass is 367 g/mol.